The normalized spacial score (nSPS) is 19.6. The van der Waals surface area contributed by atoms with E-state index in [2.05, 4.69) is 15.1 Å². The Morgan fingerprint density at radius 1 is 1.25 bits per heavy atom. The number of ether oxygens (including phenoxy) is 1. The highest BCUT2D eigenvalue weighted by Crippen LogP contribution is 2.32. The van der Waals surface area contributed by atoms with Crippen molar-refractivity contribution in [1.29, 1.82) is 0 Å². The quantitative estimate of drug-likeness (QED) is 0.652. The van der Waals surface area contributed by atoms with Crippen LogP contribution in [0.15, 0.2) is 30.7 Å². The standard InChI is InChI=1S/C20H24N6O2/c1-28-18-9-13(6-7-23-18)16-10-15(19-20(22)24-11-25-26(16)19)17(27)8-12-2-4-14(21)5-3-12/h6-7,9-12,14H,2-5,8,21H2,1H3,(H2,22,24,25). The minimum Gasteiger partial charge on any atom is -0.481 e. The molecule has 28 heavy (non-hydrogen) atoms. The monoisotopic (exact) mass is 380 g/mol. The van der Waals surface area contributed by atoms with Crippen LogP contribution in [0, 0.1) is 5.92 Å². The topological polar surface area (TPSA) is 121 Å². The summed E-state index contributed by atoms with van der Waals surface area (Å²) < 4.78 is 6.89. The third kappa shape index (κ3) is 3.43. The fourth-order valence-electron chi connectivity index (χ4n) is 3.93. The summed E-state index contributed by atoms with van der Waals surface area (Å²) >= 11 is 0. The van der Waals surface area contributed by atoms with E-state index in [0.717, 1.165) is 36.9 Å². The van der Waals surface area contributed by atoms with Crippen LogP contribution in [-0.2, 0) is 0 Å². The van der Waals surface area contributed by atoms with E-state index in [0.29, 0.717) is 29.3 Å². The lowest BCUT2D eigenvalue weighted by Gasteiger charge is -2.25. The van der Waals surface area contributed by atoms with Crippen LogP contribution < -0.4 is 16.2 Å². The first-order valence-corrected chi connectivity index (χ1v) is 9.48. The van der Waals surface area contributed by atoms with Crippen molar-refractivity contribution in [2.75, 3.05) is 12.8 Å². The highest BCUT2D eigenvalue weighted by Gasteiger charge is 2.25. The van der Waals surface area contributed by atoms with Crippen molar-refractivity contribution in [1.82, 2.24) is 19.6 Å². The van der Waals surface area contributed by atoms with E-state index in [-0.39, 0.29) is 17.6 Å². The first-order valence-electron chi connectivity index (χ1n) is 9.48. The van der Waals surface area contributed by atoms with Gasteiger partial charge in [0, 0.05) is 35.9 Å². The molecule has 146 valence electrons. The number of nitrogens with two attached hydrogens (primary N) is 2. The second-order valence-electron chi connectivity index (χ2n) is 7.34. The Hall–Kier alpha value is -3.00. The van der Waals surface area contributed by atoms with Crippen molar-refractivity contribution in [3.05, 3.63) is 36.3 Å². The molecular weight excluding hydrogens is 356 g/mol. The minimum atomic E-state index is 0.0618. The van der Waals surface area contributed by atoms with E-state index in [4.69, 9.17) is 16.2 Å². The number of carbonyl (C=O) groups excluding carboxylic acids is 1. The molecule has 1 fully saturated rings. The highest BCUT2D eigenvalue weighted by atomic mass is 16.5. The summed E-state index contributed by atoms with van der Waals surface area (Å²) in [6.07, 6.45) is 7.45. The lowest BCUT2D eigenvalue weighted by Crippen LogP contribution is -2.27. The van der Waals surface area contributed by atoms with Gasteiger partial charge in [0.25, 0.3) is 0 Å². The van der Waals surface area contributed by atoms with E-state index in [1.54, 1.807) is 23.9 Å². The average molecular weight is 380 g/mol. The Morgan fingerprint density at radius 2 is 2.04 bits per heavy atom. The molecule has 3 aromatic rings. The zero-order valence-electron chi connectivity index (χ0n) is 15.8. The van der Waals surface area contributed by atoms with Crippen LogP contribution in [0.25, 0.3) is 16.8 Å². The van der Waals surface area contributed by atoms with Gasteiger partial charge in [0.05, 0.1) is 12.8 Å². The first kappa shape index (κ1) is 18.4. The molecule has 4 N–H and O–H groups in total. The number of anilines is 1. The summed E-state index contributed by atoms with van der Waals surface area (Å²) in [7, 11) is 1.56. The van der Waals surface area contributed by atoms with Gasteiger partial charge in [0.1, 0.15) is 11.8 Å². The van der Waals surface area contributed by atoms with Crippen molar-refractivity contribution >= 4 is 17.1 Å². The van der Waals surface area contributed by atoms with Gasteiger partial charge in [-0.25, -0.2) is 14.5 Å². The third-order valence-corrected chi connectivity index (χ3v) is 5.49. The number of Topliss-reactive ketones (excluding diaryl/α,β-unsaturated/α-hetero) is 1. The van der Waals surface area contributed by atoms with Gasteiger partial charge in [-0.3, -0.25) is 4.79 Å². The maximum Gasteiger partial charge on any atom is 0.213 e. The molecule has 4 rings (SSSR count). The van der Waals surface area contributed by atoms with Crippen LogP contribution in [-0.4, -0.2) is 38.5 Å². The highest BCUT2D eigenvalue weighted by molar-refractivity contribution is 6.06. The first-order chi connectivity index (χ1) is 13.6. The van der Waals surface area contributed by atoms with Gasteiger partial charge in [-0.05, 0) is 43.7 Å². The number of nitrogen functional groups attached to an aromatic ring is 1. The molecule has 0 saturated heterocycles. The molecule has 0 radical (unpaired) electrons. The fraction of sp³-hybridized carbons (Fsp3) is 0.400. The molecule has 3 heterocycles. The van der Waals surface area contributed by atoms with Gasteiger partial charge in [-0.1, -0.05) is 0 Å². The van der Waals surface area contributed by atoms with Gasteiger partial charge in [-0.15, -0.1) is 0 Å². The Balaban J connectivity index is 1.73. The summed E-state index contributed by atoms with van der Waals surface area (Å²) in [5.74, 6) is 1.20. The van der Waals surface area contributed by atoms with Crippen LogP contribution in [0.4, 0.5) is 5.82 Å². The summed E-state index contributed by atoms with van der Waals surface area (Å²) in [4.78, 5) is 21.4. The molecule has 0 atom stereocenters. The largest absolute Gasteiger partial charge is 0.481 e. The van der Waals surface area contributed by atoms with Crippen molar-refractivity contribution in [3.63, 3.8) is 0 Å². The molecule has 0 unspecified atom stereocenters. The molecule has 0 bridgehead atoms. The molecule has 0 spiro atoms. The number of carbonyl (C=O) groups is 1. The summed E-state index contributed by atoms with van der Waals surface area (Å²) in [6.45, 7) is 0. The van der Waals surface area contributed by atoms with Crippen molar-refractivity contribution in [3.8, 4) is 17.1 Å². The molecule has 8 nitrogen and oxygen atoms in total. The Labute approximate surface area is 162 Å². The van der Waals surface area contributed by atoms with Crippen LogP contribution in [0.1, 0.15) is 42.5 Å². The third-order valence-electron chi connectivity index (χ3n) is 5.49. The maximum absolute atomic E-state index is 13.1. The van der Waals surface area contributed by atoms with Crippen LogP contribution in [0.5, 0.6) is 5.88 Å². The lowest BCUT2D eigenvalue weighted by molar-refractivity contribution is 0.0949. The van der Waals surface area contributed by atoms with Gasteiger partial charge < -0.3 is 16.2 Å². The van der Waals surface area contributed by atoms with Gasteiger partial charge in [0.2, 0.25) is 5.88 Å². The van der Waals surface area contributed by atoms with Gasteiger partial charge in [-0.2, -0.15) is 5.10 Å². The van der Waals surface area contributed by atoms with E-state index >= 15 is 0 Å². The fourth-order valence-corrected chi connectivity index (χ4v) is 3.93. The molecule has 3 aromatic heterocycles. The number of pyridine rings is 1. The van der Waals surface area contributed by atoms with Crippen LogP contribution in [0.3, 0.4) is 0 Å². The summed E-state index contributed by atoms with van der Waals surface area (Å²) in [6, 6.07) is 5.75. The molecule has 8 heteroatoms. The van der Waals surface area contributed by atoms with E-state index in [1.807, 2.05) is 12.1 Å². The van der Waals surface area contributed by atoms with E-state index in [1.165, 1.54) is 6.33 Å². The van der Waals surface area contributed by atoms with Crippen LogP contribution in [0.2, 0.25) is 0 Å². The molecule has 0 aromatic carbocycles. The number of methoxy groups -OCH3 is 1. The Bertz CT molecular complexity index is 1010. The number of rotatable bonds is 5. The average Bonchev–Trinajstić information content (AvgIpc) is 3.11. The molecule has 0 aliphatic heterocycles. The Morgan fingerprint density at radius 3 is 2.79 bits per heavy atom. The number of aromatic nitrogens is 4. The lowest BCUT2D eigenvalue weighted by atomic mass is 9.83. The molecular formula is C20H24N6O2. The predicted molar refractivity (Wildman–Crippen MR) is 106 cm³/mol. The number of nitrogens with zero attached hydrogens (tertiary/aromatic N) is 4. The van der Waals surface area contributed by atoms with Gasteiger partial charge >= 0.3 is 0 Å². The van der Waals surface area contributed by atoms with Crippen molar-refractivity contribution in [2.45, 2.75) is 38.1 Å². The van der Waals surface area contributed by atoms with E-state index in [9.17, 15) is 4.79 Å². The second-order valence-corrected chi connectivity index (χ2v) is 7.34. The number of fused-ring (bicyclic) bond motifs is 1. The molecule has 1 saturated carbocycles. The van der Waals surface area contributed by atoms with E-state index < -0.39 is 0 Å². The SMILES string of the molecule is COc1cc(-c2cc(C(=O)CC3CCC(N)CC3)c3c(N)ncnn23)ccn1. The van der Waals surface area contributed by atoms with Crippen LogP contribution >= 0.6 is 0 Å². The van der Waals surface area contributed by atoms with Gasteiger partial charge in [0.15, 0.2) is 11.6 Å². The number of ketones is 1. The number of hydrogen-bond acceptors (Lipinski definition) is 7. The molecule has 0 amide bonds. The zero-order valence-corrected chi connectivity index (χ0v) is 15.8. The number of hydrogen-bond donors (Lipinski definition) is 2. The maximum atomic E-state index is 13.1. The second kappa shape index (κ2) is 7.55. The van der Waals surface area contributed by atoms with Crippen molar-refractivity contribution in [2.24, 2.45) is 11.7 Å². The molecule has 1 aliphatic carbocycles. The van der Waals surface area contributed by atoms with Crippen molar-refractivity contribution < 1.29 is 9.53 Å². The smallest absolute Gasteiger partial charge is 0.213 e. The minimum absolute atomic E-state index is 0.0618. The summed E-state index contributed by atoms with van der Waals surface area (Å²) in [5, 5.41) is 4.33. The zero-order chi connectivity index (χ0) is 19.7. The predicted octanol–water partition coefficient (Wildman–Crippen LogP) is 2.47. The molecule has 1 aliphatic rings. The summed E-state index contributed by atoms with van der Waals surface area (Å²) in [5.41, 5.74) is 14.8. The Kier molecular flexibility index (Phi) is 4.95.